The van der Waals surface area contributed by atoms with Crippen molar-refractivity contribution in [3.63, 3.8) is 0 Å². The van der Waals surface area contributed by atoms with E-state index in [0.29, 0.717) is 30.5 Å². The van der Waals surface area contributed by atoms with E-state index in [4.69, 9.17) is 22.1 Å². The van der Waals surface area contributed by atoms with Crippen LogP contribution in [-0.2, 0) is 19.5 Å². The van der Waals surface area contributed by atoms with Gasteiger partial charge in [0.15, 0.2) is 0 Å². The van der Waals surface area contributed by atoms with Crippen molar-refractivity contribution in [2.45, 2.75) is 59.5 Å². The number of anilines is 1. The SMILES string of the molecule is CCCCc1cn(CCC#Cc2cn(Cc3ncc(C)c(OC)c3C)c3nc(N)nc(Cl)c23)nn1. The monoisotopic (exact) mass is 492 g/mol. The number of halogens is 1. The molecule has 9 nitrogen and oxygen atoms in total. The third-order valence-electron chi connectivity index (χ3n) is 5.82. The minimum Gasteiger partial charge on any atom is -0.496 e. The Kier molecular flexibility index (Phi) is 7.51. The van der Waals surface area contributed by atoms with Crippen LogP contribution in [0.5, 0.6) is 5.75 Å². The van der Waals surface area contributed by atoms with E-state index in [1.165, 1.54) is 0 Å². The highest BCUT2D eigenvalue weighted by Gasteiger charge is 2.17. The number of nitrogen functional groups attached to an aromatic ring is 1. The fourth-order valence-corrected chi connectivity index (χ4v) is 4.29. The summed E-state index contributed by atoms with van der Waals surface area (Å²) >= 11 is 6.47. The number of hydrogen-bond donors (Lipinski definition) is 1. The molecule has 0 amide bonds. The van der Waals surface area contributed by atoms with Gasteiger partial charge in [0.2, 0.25) is 5.95 Å². The Morgan fingerprint density at radius 1 is 1.20 bits per heavy atom. The van der Waals surface area contributed by atoms with Gasteiger partial charge in [0.05, 0.1) is 42.5 Å². The molecule has 4 aromatic heterocycles. The van der Waals surface area contributed by atoms with Crippen molar-refractivity contribution >= 4 is 28.6 Å². The number of pyridine rings is 1. The Morgan fingerprint density at radius 2 is 2.03 bits per heavy atom. The molecule has 0 bridgehead atoms. The predicted octanol–water partition coefficient (Wildman–Crippen LogP) is 4.11. The zero-order valence-corrected chi connectivity index (χ0v) is 21.2. The lowest BCUT2D eigenvalue weighted by Gasteiger charge is -2.13. The van der Waals surface area contributed by atoms with E-state index < -0.39 is 0 Å². The fourth-order valence-electron chi connectivity index (χ4n) is 4.01. The number of methoxy groups -OCH3 is 1. The standard InChI is InChI=1S/C25H29ClN8O/c1-5-6-10-19-14-34(32-31-19)11-8-7-9-18-13-33(24-21(18)23(26)29-25(27)30-24)15-20-17(3)22(35-4)16(2)12-28-20/h12-14H,5-6,8,10-11,15H2,1-4H3,(H2,27,29,30). The molecule has 4 heterocycles. The maximum absolute atomic E-state index is 6.47. The summed E-state index contributed by atoms with van der Waals surface area (Å²) in [6.45, 7) is 7.26. The number of rotatable bonds is 8. The molecule has 0 unspecified atom stereocenters. The van der Waals surface area contributed by atoms with E-state index in [9.17, 15) is 0 Å². The van der Waals surface area contributed by atoms with Crippen molar-refractivity contribution in [3.05, 3.63) is 51.8 Å². The van der Waals surface area contributed by atoms with E-state index in [1.54, 1.807) is 7.11 Å². The van der Waals surface area contributed by atoms with Crippen LogP contribution < -0.4 is 10.5 Å². The van der Waals surface area contributed by atoms with Crippen LogP contribution in [0.3, 0.4) is 0 Å². The van der Waals surface area contributed by atoms with Crippen LogP contribution in [0, 0.1) is 25.7 Å². The quantitative estimate of drug-likeness (QED) is 0.291. The van der Waals surface area contributed by atoms with E-state index in [1.807, 2.05) is 41.7 Å². The van der Waals surface area contributed by atoms with Gasteiger partial charge in [-0.15, -0.1) is 5.10 Å². The molecule has 0 aliphatic rings. The summed E-state index contributed by atoms with van der Waals surface area (Å²) in [5, 5.41) is 9.36. The van der Waals surface area contributed by atoms with Crippen LogP contribution in [0.15, 0.2) is 18.6 Å². The smallest absolute Gasteiger partial charge is 0.223 e. The lowest BCUT2D eigenvalue weighted by atomic mass is 10.1. The zero-order chi connectivity index (χ0) is 24.9. The Bertz CT molecular complexity index is 1410. The highest BCUT2D eigenvalue weighted by molar-refractivity contribution is 6.34. The molecule has 35 heavy (non-hydrogen) atoms. The molecule has 0 aliphatic heterocycles. The first-order valence-corrected chi connectivity index (χ1v) is 12.0. The molecule has 4 aromatic rings. The van der Waals surface area contributed by atoms with Gasteiger partial charge in [-0.2, -0.15) is 4.98 Å². The molecule has 0 radical (unpaired) electrons. The lowest BCUT2D eigenvalue weighted by molar-refractivity contribution is 0.406. The largest absolute Gasteiger partial charge is 0.496 e. The minimum absolute atomic E-state index is 0.109. The van der Waals surface area contributed by atoms with E-state index in [2.05, 4.69) is 44.0 Å². The fraction of sp³-hybridized carbons (Fsp3) is 0.400. The number of hydrogen-bond acceptors (Lipinski definition) is 7. The Hall–Kier alpha value is -3.64. The third-order valence-corrected chi connectivity index (χ3v) is 6.09. The lowest BCUT2D eigenvalue weighted by Crippen LogP contribution is -2.07. The minimum atomic E-state index is 0.109. The molecule has 182 valence electrons. The maximum Gasteiger partial charge on any atom is 0.223 e. The summed E-state index contributed by atoms with van der Waals surface area (Å²) in [6, 6.07) is 0. The number of aryl methyl sites for hydroxylation is 3. The van der Waals surface area contributed by atoms with Gasteiger partial charge < -0.3 is 15.0 Å². The average Bonchev–Trinajstić information content (AvgIpc) is 3.42. The molecule has 10 heteroatoms. The topological polar surface area (TPSA) is 110 Å². The summed E-state index contributed by atoms with van der Waals surface area (Å²) in [5.74, 6) is 7.38. The van der Waals surface area contributed by atoms with E-state index in [0.717, 1.165) is 53.1 Å². The number of unbranched alkanes of at least 4 members (excludes halogenated alkanes) is 1. The highest BCUT2D eigenvalue weighted by Crippen LogP contribution is 2.29. The third kappa shape index (κ3) is 5.38. The van der Waals surface area contributed by atoms with Crippen molar-refractivity contribution < 1.29 is 4.74 Å². The molecule has 0 aliphatic carbocycles. The number of fused-ring (bicyclic) bond motifs is 1. The molecule has 4 rings (SSSR count). The highest BCUT2D eigenvalue weighted by atomic mass is 35.5. The summed E-state index contributed by atoms with van der Waals surface area (Å²) in [5.41, 5.74) is 11.1. The van der Waals surface area contributed by atoms with Crippen LogP contribution in [0.25, 0.3) is 11.0 Å². The average molecular weight is 493 g/mol. The van der Waals surface area contributed by atoms with Gasteiger partial charge in [-0.3, -0.25) is 9.67 Å². The molecule has 2 N–H and O–H groups in total. The van der Waals surface area contributed by atoms with Crippen molar-refractivity contribution in [2.24, 2.45) is 0 Å². The number of aromatic nitrogens is 7. The predicted molar refractivity (Wildman–Crippen MR) is 136 cm³/mol. The number of ether oxygens (including phenoxy) is 1. The van der Waals surface area contributed by atoms with Gasteiger partial charge in [0.25, 0.3) is 0 Å². The first kappa shape index (κ1) is 24.5. The first-order chi connectivity index (χ1) is 16.9. The van der Waals surface area contributed by atoms with Crippen molar-refractivity contribution in [3.8, 4) is 17.6 Å². The molecule has 0 fully saturated rings. The van der Waals surface area contributed by atoms with E-state index in [-0.39, 0.29) is 11.1 Å². The van der Waals surface area contributed by atoms with Crippen molar-refractivity contribution in [2.75, 3.05) is 12.8 Å². The van der Waals surface area contributed by atoms with Crippen LogP contribution in [0.2, 0.25) is 5.15 Å². The zero-order valence-electron chi connectivity index (χ0n) is 20.5. The van der Waals surface area contributed by atoms with Crippen LogP contribution >= 0.6 is 11.6 Å². The van der Waals surface area contributed by atoms with Crippen LogP contribution in [-0.4, -0.2) is 41.6 Å². The summed E-state index contributed by atoms with van der Waals surface area (Å²) in [4.78, 5) is 13.2. The molecular weight excluding hydrogens is 464 g/mol. The molecular formula is C25H29ClN8O. The maximum atomic E-state index is 6.47. The molecule has 0 spiro atoms. The van der Waals surface area contributed by atoms with Crippen LogP contribution in [0.4, 0.5) is 5.95 Å². The summed E-state index contributed by atoms with van der Waals surface area (Å²) < 4.78 is 9.34. The van der Waals surface area contributed by atoms with Crippen LogP contribution in [0.1, 0.15) is 54.3 Å². The Labute approximate surface area is 209 Å². The number of nitrogens with two attached hydrogens (primary N) is 1. The van der Waals surface area contributed by atoms with Crippen molar-refractivity contribution in [1.29, 1.82) is 0 Å². The second-order valence-electron chi connectivity index (χ2n) is 8.42. The Morgan fingerprint density at radius 3 is 2.80 bits per heavy atom. The first-order valence-electron chi connectivity index (χ1n) is 11.6. The second-order valence-corrected chi connectivity index (χ2v) is 8.77. The van der Waals surface area contributed by atoms with Gasteiger partial charge >= 0.3 is 0 Å². The Balaban J connectivity index is 1.60. The molecule has 0 atom stereocenters. The number of nitrogens with zero attached hydrogens (tertiary/aromatic N) is 7. The van der Waals surface area contributed by atoms with Gasteiger partial charge in [0.1, 0.15) is 16.5 Å². The van der Waals surface area contributed by atoms with Gasteiger partial charge in [0, 0.05) is 36.1 Å². The normalized spacial score (nSPS) is 11.0. The molecule has 0 aromatic carbocycles. The summed E-state index contributed by atoms with van der Waals surface area (Å²) in [6.07, 6.45) is 9.53. The van der Waals surface area contributed by atoms with Gasteiger partial charge in [-0.1, -0.05) is 42.0 Å². The second kappa shape index (κ2) is 10.7. The van der Waals surface area contributed by atoms with Gasteiger partial charge in [-0.25, -0.2) is 4.98 Å². The summed E-state index contributed by atoms with van der Waals surface area (Å²) in [7, 11) is 1.66. The van der Waals surface area contributed by atoms with Crippen molar-refractivity contribution in [1.82, 2.24) is 34.5 Å². The van der Waals surface area contributed by atoms with Gasteiger partial charge in [-0.05, 0) is 26.7 Å². The molecule has 0 saturated carbocycles. The van der Waals surface area contributed by atoms with E-state index >= 15 is 0 Å². The molecule has 0 saturated heterocycles.